The van der Waals surface area contributed by atoms with Gasteiger partial charge < -0.3 is 0 Å². The second-order valence-electron chi connectivity index (χ2n) is 3.93. The van der Waals surface area contributed by atoms with Crippen molar-refractivity contribution in [3.63, 3.8) is 0 Å². The summed E-state index contributed by atoms with van der Waals surface area (Å²) < 4.78 is 0. The molecular weight excluding hydrogens is 136 g/mol. The summed E-state index contributed by atoms with van der Waals surface area (Å²) in [4.78, 5) is 11.2. The standard InChI is InChI=1S/C10H14O/c1-7-5-10(3,4)6-8(2)9(7)11/h6H,1,5H2,2-4H3. The SMILES string of the molecule is C=C1CC(C)(C)C=C(C)C1=O. The van der Waals surface area contributed by atoms with Crippen LogP contribution in [-0.4, -0.2) is 5.78 Å². The topological polar surface area (TPSA) is 17.1 Å². The first kappa shape index (κ1) is 8.25. The fourth-order valence-electron chi connectivity index (χ4n) is 1.61. The van der Waals surface area contributed by atoms with Crippen molar-refractivity contribution in [3.05, 3.63) is 23.8 Å². The zero-order valence-corrected chi connectivity index (χ0v) is 7.40. The van der Waals surface area contributed by atoms with Crippen LogP contribution in [0.1, 0.15) is 27.2 Å². The minimum Gasteiger partial charge on any atom is -0.289 e. The van der Waals surface area contributed by atoms with Gasteiger partial charge in [0, 0.05) is 0 Å². The molecule has 0 saturated carbocycles. The van der Waals surface area contributed by atoms with Crippen molar-refractivity contribution >= 4 is 5.78 Å². The van der Waals surface area contributed by atoms with Crippen molar-refractivity contribution in [2.75, 3.05) is 0 Å². The van der Waals surface area contributed by atoms with E-state index in [9.17, 15) is 4.79 Å². The molecular formula is C10H14O. The number of carbonyl (C=O) groups is 1. The maximum Gasteiger partial charge on any atom is 0.183 e. The third kappa shape index (κ3) is 1.59. The molecule has 0 aromatic heterocycles. The number of ketones is 1. The van der Waals surface area contributed by atoms with Gasteiger partial charge in [-0.05, 0) is 29.9 Å². The molecule has 1 rings (SSSR count). The van der Waals surface area contributed by atoms with Gasteiger partial charge in [-0.3, -0.25) is 4.79 Å². The summed E-state index contributed by atoms with van der Waals surface area (Å²) in [6, 6.07) is 0. The Morgan fingerprint density at radius 3 is 2.55 bits per heavy atom. The average molecular weight is 150 g/mol. The van der Waals surface area contributed by atoms with E-state index in [1.54, 1.807) is 0 Å². The van der Waals surface area contributed by atoms with Crippen LogP contribution < -0.4 is 0 Å². The van der Waals surface area contributed by atoms with E-state index >= 15 is 0 Å². The lowest BCUT2D eigenvalue weighted by molar-refractivity contribution is -0.112. The lowest BCUT2D eigenvalue weighted by Crippen LogP contribution is -2.20. The molecule has 0 aromatic rings. The second kappa shape index (κ2) is 2.33. The van der Waals surface area contributed by atoms with Crippen molar-refractivity contribution in [2.24, 2.45) is 5.41 Å². The van der Waals surface area contributed by atoms with E-state index in [2.05, 4.69) is 20.4 Å². The van der Waals surface area contributed by atoms with E-state index in [0.29, 0.717) is 0 Å². The Kier molecular flexibility index (Phi) is 1.75. The van der Waals surface area contributed by atoms with Crippen molar-refractivity contribution in [3.8, 4) is 0 Å². The monoisotopic (exact) mass is 150 g/mol. The number of hydrogen-bond donors (Lipinski definition) is 0. The summed E-state index contributed by atoms with van der Waals surface area (Å²) in [6.07, 6.45) is 2.83. The minimum atomic E-state index is 0.120. The van der Waals surface area contributed by atoms with E-state index < -0.39 is 0 Å². The largest absolute Gasteiger partial charge is 0.289 e. The molecule has 0 aliphatic heterocycles. The number of rotatable bonds is 0. The van der Waals surface area contributed by atoms with Gasteiger partial charge in [0.15, 0.2) is 5.78 Å². The van der Waals surface area contributed by atoms with Gasteiger partial charge in [-0.25, -0.2) is 0 Å². The van der Waals surface area contributed by atoms with Crippen molar-refractivity contribution in [1.29, 1.82) is 0 Å². The van der Waals surface area contributed by atoms with E-state index in [4.69, 9.17) is 0 Å². The zero-order valence-electron chi connectivity index (χ0n) is 7.40. The molecule has 0 unspecified atom stereocenters. The lowest BCUT2D eigenvalue weighted by Gasteiger charge is -2.26. The highest BCUT2D eigenvalue weighted by Crippen LogP contribution is 2.33. The molecule has 11 heavy (non-hydrogen) atoms. The quantitative estimate of drug-likeness (QED) is 0.485. The molecule has 60 valence electrons. The van der Waals surface area contributed by atoms with Crippen molar-refractivity contribution in [2.45, 2.75) is 27.2 Å². The fourth-order valence-corrected chi connectivity index (χ4v) is 1.61. The van der Waals surface area contributed by atoms with Crippen LogP contribution in [0.15, 0.2) is 23.8 Å². The van der Waals surface area contributed by atoms with Gasteiger partial charge in [-0.15, -0.1) is 0 Å². The first-order valence-electron chi connectivity index (χ1n) is 3.84. The Hall–Kier alpha value is -0.850. The Labute approximate surface area is 67.8 Å². The van der Waals surface area contributed by atoms with Crippen molar-refractivity contribution < 1.29 is 4.79 Å². The molecule has 0 saturated heterocycles. The highest BCUT2D eigenvalue weighted by Gasteiger charge is 2.26. The number of hydrogen-bond acceptors (Lipinski definition) is 1. The first-order valence-corrected chi connectivity index (χ1v) is 3.84. The molecule has 0 aromatic carbocycles. The molecule has 1 nitrogen and oxygen atoms in total. The van der Waals surface area contributed by atoms with Crippen LogP contribution in [-0.2, 0) is 4.79 Å². The Balaban J connectivity index is 3.04. The molecule has 0 radical (unpaired) electrons. The summed E-state index contributed by atoms with van der Waals surface area (Å²) in [5, 5.41) is 0. The fraction of sp³-hybridized carbons (Fsp3) is 0.500. The molecule has 0 bridgehead atoms. The smallest absolute Gasteiger partial charge is 0.183 e. The first-order chi connectivity index (χ1) is 4.92. The van der Waals surface area contributed by atoms with Crippen LogP contribution in [0.5, 0.6) is 0 Å². The van der Waals surface area contributed by atoms with Crippen molar-refractivity contribution in [1.82, 2.24) is 0 Å². The predicted molar refractivity (Wildman–Crippen MR) is 46.3 cm³/mol. The van der Waals surface area contributed by atoms with E-state index in [1.807, 2.05) is 13.0 Å². The summed E-state index contributed by atoms with van der Waals surface area (Å²) in [7, 11) is 0. The summed E-state index contributed by atoms with van der Waals surface area (Å²) in [5.41, 5.74) is 1.70. The molecule has 1 aliphatic rings. The van der Waals surface area contributed by atoms with Gasteiger partial charge in [0.2, 0.25) is 0 Å². The lowest BCUT2D eigenvalue weighted by atomic mass is 9.77. The summed E-state index contributed by atoms with van der Waals surface area (Å²) >= 11 is 0. The van der Waals surface area contributed by atoms with Crippen LogP contribution in [0.25, 0.3) is 0 Å². The second-order valence-corrected chi connectivity index (χ2v) is 3.93. The number of Topliss-reactive ketones (excluding diaryl/α,β-unsaturated/α-hetero) is 1. The van der Waals surface area contributed by atoms with Gasteiger partial charge in [-0.2, -0.15) is 0 Å². The van der Waals surface area contributed by atoms with Gasteiger partial charge in [0.05, 0.1) is 0 Å². The normalized spacial score (nSPS) is 23.4. The number of carbonyl (C=O) groups excluding carboxylic acids is 1. The van der Waals surface area contributed by atoms with Crippen LogP contribution in [0.2, 0.25) is 0 Å². The van der Waals surface area contributed by atoms with Gasteiger partial charge >= 0.3 is 0 Å². The molecule has 1 aliphatic carbocycles. The Bertz CT molecular complexity index is 244. The Morgan fingerprint density at radius 1 is 1.55 bits per heavy atom. The maximum absolute atomic E-state index is 11.2. The third-order valence-electron chi connectivity index (χ3n) is 1.96. The minimum absolute atomic E-state index is 0.120. The molecule has 0 atom stereocenters. The Morgan fingerprint density at radius 2 is 2.09 bits per heavy atom. The van der Waals surface area contributed by atoms with Crippen LogP contribution in [0.3, 0.4) is 0 Å². The zero-order chi connectivity index (χ0) is 8.65. The van der Waals surface area contributed by atoms with Gasteiger partial charge in [0.25, 0.3) is 0 Å². The molecule has 0 spiro atoms. The average Bonchev–Trinajstić information content (AvgIpc) is 1.81. The molecule has 0 amide bonds. The molecule has 0 fully saturated rings. The van der Waals surface area contributed by atoms with E-state index in [0.717, 1.165) is 17.6 Å². The summed E-state index contributed by atoms with van der Waals surface area (Å²) in [5.74, 6) is 0.129. The van der Waals surface area contributed by atoms with Crippen LogP contribution in [0.4, 0.5) is 0 Å². The van der Waals surface area contributed by atoms with Crippen LogP contribution >= 0.6 is 0 Å². The number of allylic oxidation sites excluding steroid dienone is 3. The maximum atomic E-state index is 11.2. The highest BCUT2D eigenvalue weighted by atomic mass is 16.1. The predicted octanol–water partition coefficient (Wildman–Crippen LogP) is 2.49. The van der Waals surface area contributed by atoms with Gasteiger partial charge in [-0.1, -0.05) is 26.5 Å². The molecule has 1 heteroatoms. The van der Waals surface area contributed by atoms with E-state index in [1.165, 1.54) is 0 Å². The van der Waals surface area contributed by atoms with Crippen LogP contribution in [0, 0.1) is 5.41 Å². The molecule has 0 heterocycles. The summed E-state index contributed by atoms with van der Waals surface area (Å²) in [6.45, 7) is 9.84. The van der Waals surface area contributed by atoms with E-state index in [-0.39, 0.29) is 11.2 Å². The molecule has 0 N–H and O–H groups in total. The third-order valence-corrected chi connectivity index (χ3v) is 1.96. The highest BCUT2D eigenvalue weighted by molar-refractivity contribution is 6.08. The van der Waals surface area contributed by atoms with Gasteiger partial charge in [0.1, 0.15) is 0 Å².